The molecule has 3 nitrogen and oxygen atoms in total. The van der Waals surface area contributed by atoms with Gasteiger partial charge in [0.05, 0.1) is 11.4 Å². The molecule has 0 aliphatic carbocycles. The SMILES string of the molecule is Cc1nn(C(C)C)cc1NCc1cccc(F)c1F. The Labute approximate surface area is 111 Å². The van der Waals surface area contributed by atoms with Crippen molar-refractivity contribution in [3.63, 3.8) is 0 Å². The molecule has 0 unspecified atom stereocenters. The predicted octanol–water partition coefficient (Wildman–Crippen LogP) is 3.66. The number of hydrogen-bond donors (Lipinski definition) is 1. The standard InChI is InChI=1S/C14H17F2N3/c1-9(2)19-8-13(10(3)18-19)17-7-11-5-4-6-12(15)14(11)16/h4-6,8-9,17H,7H2,1-3H3. The zero-order valence-corrected chi connectivity index (χ0v) is 11.2. The summed E-state index contributed by atoms with van der Waals surface area (Å²) in [4.78, 5) is 0. The van der Waals surface area contributed by atoms with Crippen LogP contribution in [0.15, 0.2) is 24.4 Å². The van der Waals surface area contributed by atoms with E-state index in [1.807, 2.05) is 31.6 Å². The van der Waals surface area contributed by atoms with Crippen LogP contribution in [0.4, 0.5) is 14.5 Å². The lowest BCUT2D eigenvalue weighted by atomic mass is 10.2. The molecule has 0 spiro atoms. The van der Waals surface area contributed by atoms with E-state index >= 15 is 0 Å². The van der Waals surface area contributed by atoms with Crippen LogP contribution in [0.1, 0.15) is 31.1 Å². The molecular formula is C14H17F2N3. The summed E-state index contributed by atoms with van der Waals surface area (Å²) in [5.74, 6) is -1.63. The molecule has 0 saturated carbocycles. The monoisotopic (exact) mass is 265 g/mol. The Morgan fingerprint density at radius 1 is 1.32 bits per heavy atom. The third-order valence-corrected chi connectivity index (χ3v) is 2.95. The highest BCUT2D eigenvalue weighted by atomic mass is 19.2. The van der Waals surface area contributed by atoms with E-state index < -0.39 is 11.6 Å². The Kier molecular flexibility index (Phi) is 3.83. The summed E-state index contributed by atoms with van der Waals surface area (Å²) in [5, 5.41) is 7.43. The molecule has 2 aromatic rings. The van der Waals surface area contributed by atoms with Gasteiger partial charge >= 0.3 is 0 Å². The zero-order valence-electron chi connectivity index (χ0n) is 11.2. The van der Waals surface area contributed by atoms with E-state index in [1.165, 1.54) is 6.07 Å². The second-order valence-electron chi connectivity index (χ2n) is 4.77. The van der Waals surface area contributed by atoms with Crippen LogP contribution in [0.3, 0.4) is 0 Å². The van der Waals surface area contributed by atoms with Crippen molar-refractivity contribution >= 4 is 5.69 Å². The average molecular weight is 265 g/mol. The quantitative estimate of drug-likeness (QED) is 0.914. The second kappa shape index (κ2) is 5.38. The molecule has 0 aliphatic heterocycles. The van der Waals surface area contributed by atoms with Crippen molar-refractivity contribution in [2.24, 2.45) is 0 Å². The lowest BCUT2D eigenvalue weighted by Crippen LogP contribution is -2.03. The summed E-state index contributed by atoms with van der Waals surface area (Å²) >= 11 is 0. The normalized spacial score (nSPS) is 11.1. The minimum absolute atomic E-state index is 0.230. The van der Waals surface area contributed by atoms with Crippen molar-refractivity contribution in [2.45, 2.75) is 33.4 Å². The number of aryl methyl sites for hydroxylation is 1. The molecule has 0 saturated heterocycles. The van der Waals surface area contributed by atoms with Crippen molar-refractivity contribution in [3.8, 4) is 0 Å². The molecule has 19 heavy (non-hydrogen) atoms. The van der Waals surface area contributed by atoms with Crippen LogP contribution in [0.25, 0.3) is 0 Å². The Bertz CT molecular complexity index is 576. The summed E-state index contributed by atoms with van der Waals surface area (Å²) in [6, 6.07) is 4.44. The lowest BCUT2D eigenvalue weighted by Gasteiger charge is -2.06. The van der Waals surface area contributed by atoms with Gasteiger partial charge in [-0.05, 0) is 26.8 Å². The van der Waals surface area contributed by atoms with E-state index in [2.05, 4.69) is 10.4 Å². The van der Waals surface area contributed by atoms with Crippen LogP contribution in [0, 0.1) is 18.6 Å². The zero-order chi connectivity index (χ0) is 14.0. The molecule has 1 aromatic carbocycles. The van der Waals surface area contributed by atoms with Crippen molar-refractivity contribution in [2.75, 3.05) is 5.32 Å². The minimum atomic E-state index is -0.825. The Balaban J connectivity index is 2.12. The van der Waals surface area contributed by atoms with Gasteiger partial charge in [-0.2, -0.15) is 5.10 Å². The highest BCUT2D eigenvalue weighted by Crippen LogP contribution is 2.18. The molecule has 0 aliphatic rings. The first-order valence-electron chi connectivity index (χ1n) is 6.21. The number of anilines is 1. The third kappa shape index (κ3) is 2.92. The van der Waals surface area contributed by atoms with Crippen molar-refractivity contribution in [1.29, 1.82) is 0 Å². The molecule has 0 fully saturated rings. The van der Waals surface area contributed by atoms with Crippen LogP contribution >= 0.6 is 0 Å². The van der Waals surface area contributed by atoms with Gasteiger partial charge in [-0.25, -0.2) is 8.78 Å². The molecular weight excluding hydrogens is 248 g/mol. The van der Waals surface area contributed by atoms with E-state index in [0.29, 0.717) is 5.56 Å². The number of benzene rings is 1. The number of rotatable bonds is 4. The predicted molar refractivity (Wildman–Crippen MR) is 71.0 cm³/mol. The Hall–Kier alpha value is -1.91. The van der Waals surface area contributed by atoms with Crippen molar-refractivity contribution < 1.29 is 8.78 Å². The van der Waals surface area contributed by atoms with E-state index in [0.717, 1.165) is 17.4 Å². The van der Waals surface area contributed by atoms with Gasteiger partial charge in [0.1, 0.15) is 0 Å². The molecule has 0 radical (unpaired) electrons. The highest BCUT2D eigenvalue weighted by Gasteiger charge is 2.10. The first-order chi connectivity index (χ1) is 8.99. The van der Waals surface area contributed by atoms with Crippen LogP contribution in [-0.4, -0.2) is 9.78 Å². The maximum atomic E-state index is 13.5. The summed E-state index contributed by atoms with van der Waals surface area (Å²) < 4.78 is 28.4. The topological polar surface area (TPSA) is 29.9 Å². The number of nitrogens with one attached hydrogen (secondary N) is 1. The maximum Gasteiger partial charge on any atom is 0.163 e. The smallest absolute Gasteiger partial charge is 0.163 e. The molecule has 0 atom stereocenters. The average Bonchev–Trinajstić information content (AvgIpc) is 2.73. The molecule has 0 bridgehead atoms. The molecule has 1 aromatic heterocycles. The number of hydrogen-bond acceptors (Lipinski definition) is 2. The van der Waals surface area contributed by atoms with Crippen molar-refractivity contribution in [3.05, 3.63) is 47.3 Å². The second-order valence-corrected chi connectivity index (χ2v) is 4.77. The number of halogens is 2. The van der Waals surface area contributed by atoms with Gasteiger partial charge in [-0.3, -0.25) is 4.68 Å². The van der Waals surface area contributed by atoms with Gasteiger partial charge in [0, 0.05) is 24.3 Å². The van der Waals surface area contributed by atoms with Crippen LogP contribution in [0.5, 0.6) is 0 Å². The Morgan fingerprint density at radius 3 is 2.68 bits per heavy atom. The van der Waals surface area contributed by atoms with Crippen molar-refractivity contribution in [1.82, 2.24) is 9.78 Å². The van der Waals surface area contributed by atoms with Gasteiger partial charge in [0.2, 0.25) is 0 Å². The molecule has 1 heterocycles. The van der Waals surface area contributed by atoms with Crippen LogP contribution in [0.2, 0.25) is 0 Å². The fourth-order valence-electron chi connectivity index (χ4n) is 1.80. The minimum Gasteiger partial charge on any atom is -0.378 e. The highest BCUT2D eigenvalue weighted by molar-refractivity contribution is 5.46. The van der Waals surface area contributed by atoms with Crippen LogP contribution < -0.4 is 5.32 Å². The van der Waals surface area contributed by atoms with Gasteiger partial charge in [-0.1, -0.05) is 12.1 Å². The van der Waals surface area contributed by atoms with E-state index in [9.17, 15) is 8.78 Å². The van der Waals surface area contributed by atoms with Gasteiger partial charge in [-0.15, -0.1) is 0 Å². The van der Waals surface area contributed by atoms with Gasteiger partial charge in [0.25, 0.3) is 0 Å². The van der Waals surface area contributed by atoms with E-state index in [1.54, 1.807) is 6.07 Å². The summed E-state index contributed by atoms with van der Waals surface area (Å²) in [5.41, 5.74) is 1.97. The summed E-state index contributed by atoms with van der Waals surface area (Å²) in [6.07, 6.45) is 1.87. The van der Waals surface area contributed by atoms with Gasteiger partial charge in [0.15, 0.2) is 11.6 Å². The third-order valence-electron chi connectivity index (χ3n) is 2.95. The lowest BCUT2D eigenvalue weighted by molar-refractivity contribution is 0.500. The van der Waals surface area contributed by atoms with E-state index in [4.69, 9.17) is 0 Å². The Morgan fingerprint density at radius 2 is 2.05 bits per heavy atom. The maximum absolute atomic E-state index is 13.5. The fraction of sp³-hybridized carbons (Fsp3) is 0.357. The largest absolute Gasteiger partial charge is 0.378 e. The number of nitrogens with zero attached hydrogens (tertiary/aromatic N) is 2. The molecule has 0 amide bonds. The van der Waals surface area contributed by atoms with Gasteiger partial charge < -0.3 is 5.32 Å². The van der Waals surface area contributed by atoms with E-state index in [-0.39, 0.29) is 12.6 Å². The first-order valence-corrected chi connectivity index (χ1v) is 6.21. The first kappa shape index (κ1) is 13.5. The molecule has 102 valence electrons. The summed E-state index contributed by atoms with van der Waals surface area (Å²) in [7, 11) is 0. The molecule has 5 heteroatoms. The molecule has 2 rings (SSSR count). The fourth-order valence-corrected chi connectivity index (χ4v) is 1.80. The summed E-state index contributed by atoms with van der Waals surface area (Å²) in [6.45, 7) is 6.17. The van der Waals surface area contributed by atoms with Crippen LogP contribution in [-0.2, 0) is 6.54 Å². The number of aromatic nitrogens is 2. The molecule has 1 N–H and O–H groups in total.